The van der Waals surface area contributed by atoms with Crippen LogP contribution in [0.15, 0.2) is 45.7 Å². The van der Waals surface area contributed by atoms with Gasteiger partial charge in [0.25, 0.3) is 5.76 Å². The zero-order valence-corrected chi connectivity index (χ0v) is 13.6. The fourth-order valence-corrected chi connectivity index (χ4v) is 4.09. The SMILES string of the molecule is FC(F)SCc1ccc(CNC2CCSc3ccccc32)o1. The average Bonchev–Trinajstić information content (AvgIpc) is 2.99. The average molecular weight is 341 g/mol. The first-order valence-corrected chi connectivity index (χ1v) is 9.18. The second-order valence-electron chi connectivity index (χ2n) is 5.05. The summed E-state index contributed by atoms with van der Waals surface area (Å²) in [4.78, 5) is 1.33. The van der Waals surface area contributed by atoms with E-state index >= 15 is 0 Å². The highest BCUT2D eigenvalue weighted by atomic mass is 32.2. The summed E-state index contributed by atoms with van der Waals surface area (Å²) >= 11 is 2.47. The molecule has 2 aromatic rings. The normalized spacial score (nSPS) is 17.7. The van der Waals surface area contributed by atoms with E-state index in [0.717, 1.165) is 17.9 Å². The van der Waals surface area contributed by atoms with Crippen molar-refractivity contribution in [3.8, 4) is 0 Å². The molecule has 2 heterocycles. The Hall–Kier alpha value is -0.980. The highest BCUT2D eigenvalue weighted by Gasteiger charge is 2.20. The number of benzene rings is 1. The number of fused-ring (bicyclic) bond motifs is 1. The zero-order valence-electron chi connectivity index (χ0n) is 11.9. The lowest BCUT2D eigenvalue weighted by atomic mass is 10.0. The summed E-state index contributed by atoms with van der Waals surface area (Å²) in [6.07, 6.45) is 1.08. The van der Waals surface area contributed by atoms with Gasteiger partial charge in [0.1, 0.15) is 11.5 Å². The molecule has 0 saturated carbocycles. The molecule has 1 aliphatic heterocycles. The summed E-state index contributed by atoms with van der Waals surface area (Å²) in [5.41, 5.74) is 1.33. The highest BCUT2D eigenvalue weighted by molar-refractivity contribution is 7.99. The molecule has 1 aromatic carbocycles. The topological polar surface area (TPSA) is 25.2 Å². The molecular weight excluding hydrogens is 324 g/mol. The molecule has 1 atom stereocenters. The Morgan fingerprint density at radius 2 is 2.05 bits per heavy atom. The zero-order chi connectivity index (χ0) is 15.4. The molecule has 3 rings (SSSR count). The summed E-state index contributed by atoms with van der Waals surface area (Å²) in [6, 6.07) is 12.4. The van der Waals surface area contributed by atoms with Crippen LogP contribution in [-0.4, -0.2) is 11.5 Å². The van der Waals surface area contributed by atoms with Gasteiger partial charge in [0, 0.05) is 10.9 Å². The predicted molar refractivity (Wildman–Crippen MR) is 87.4 cm³/mol. The maximum Gasteiger partial charge on any atom is 0.284 e. The summed E-state index contributed by atoms with van der Waals surface area (Å²) in [7, 11) is 0. The van der Waals surface area contributed by atoms with Gasteiger partial charge in [-0.3, -0.25) is 0 Å². The standard InChI is InChI=1S/C16H17F2NOS2/c17-16(18)22-10-12-6-5-11(20-12)9-19-14-7-8-21-15-4-2-1-3-13(14)15/h1-6,14,16,19H,7-10H2. The molecule has 0 spiro atoms. The first-order chi connectivity index (χ1) is 10.7. The van der Waals surface area contributed by atoms with E-state index in [4.69, 9.17) is 4.42 Å². The fourth-order valence-electron chi connectivity index (χ4n) is 2.52. The van der Waals surface area contributed by atoms with Crippen LogP contribution in [0.3, 0.4) is 0 Å². The minimum atomic E-state index is -2.36. The van der Waals surface area contributed by atoms with Crippen LogP contribution in [0.4, 0.5) is 8.78 Å². The predicted octanol–water partition coefficient (Wildman–Crippen LogP) is 5.06. The van der Waals surface area contributed by atoms with Crippen molar-refractivity contribution in [2.24, 2.45) is 0 Å². The van der Waals surface area contributed by atoms with Crippen LogP contribution in [0.5, 0.6) is 0 Å². The molecule has 1 N–H and O–H groups in total. The summed E-state index contributed by atoms with van der Waals surface area (Å²) < 4.78 is 29.9. The van der Waals surface area contributed by atoms with Crippen molar-refractivity contribution < 1.29 is 13.2 Å². The molecule has 1 unspecified atom stereocenters. The molecule has 1 aliphatic rings. The van der Waals surface area contributed by atoms with Crippen molar-refractivity contribution in [1.82, 2.24) is 5.32 Å². The molecule has 22 heavy (non-hydrogen) atoms. The van der Waals surface area contributed by atoms with Gasteiger partial charge in [0.15, 0.2) is 0 Å². The van der Waals surface area contributed by atoms with Crippen LogP contribution in [0.1, 0.15) is 29.5 Å². The fraction of sp³-hybridized carbons (Fsp3) is 0.375. The maximum atomic E-state index is 12.2. The van der Waals surface area contributed by atoms with Gasteiger partial charge in [0.2, 0.25) is 0 Å². The Morgan fingerprint density at radius 3 is 2.91 bits per heavy atom. The van der Waals surface area contributed by atoms with E-state index in [-0.39, 0.29) is 5.75 Å². The largest absolute Gasteiger partial charge is 0.464 e. The first-order valence-electron chi connectivity index (χ1n) is 7.15. The van der Waals surface area contributed by atoms with Gasteiger partial charge in [-0.05, 0) is 35.9 Å². The quantitative estimate of drug-likeness (QED) is 0.794. The number of halogens is 2. The van der Waals surface area contributed by atoms with E-state index in [9.17, 15) is 8.78 Å². The van der Waals surface area contributed by atoms with Crippen molar-refractivity contribution in [1.29, 1.82) is 0 Å². The Kier molecular flexibility index (Phi) is 5.44. The molecule has 0 fully saturated rings. The van der Waals surface area contributed by atoms with Gasteiger partial charge in [-0.15, -0.1) is 11.8 Å². The molecule has 0 bridgehead atoms. The molecule has 0 radical (unpaired) electrons. The van der Waals surface area contributed by atoms with Crippen molar-refractivity contribution >= 4 is 23.5 Å². The van der Waals surface area contributed by atoms with E-state index in [1.165, 1.54) is 10.5 Å². The molecule has 0 amide bonds. The third-order valence-corrected chi connectivity index (χ3v) is 5.38. The second kappa shape index (κ2) is 7.53. The van der Waals surface area contributed by atoms with Gasteiger partial charge >= 0.3 is 0 Å². The number of hydrogen-bond acceptors (Lipinski definition) is 4. The van der Waals surface area contributed by atoms with Crippen molar-refractivity contribution in [2.45, 2.75) is 35.4 Å². The van der Waals surface area contributed by atoms with Crippen LogP contribution in [0.2, 0.25) is 0 Å². The monoisotopic (exact) mass is 341 g/mol. The summed E-state index contributed by atoms with van der Waals surface area (Å²) in [5.74, 6) is 0.342. The smallest absolute Gasteiger partial charge is 0.284 e. The highest BCUT2D eigenvalue weighted by Crippen LogP contribution is 2.36. The summed E-state index contributed by atoms with van der Waals surface area (Å²) in [6.45, 7) is 0.614. The lowest BCUT2D eigenvalue weighted by molar-refractivity contribution is 0.251. The Morgan fingerprint density at radius 1 is 1.23 bits per heavy atom. The summed E-state index contributed by atoms with van der Waals surface area (Å²) in [5, 5.41) is 3.51. The number of rotatable bonds is 6. The minimum Gasteiger partial charge on any atom is -0.464 e. The Bertz CT molecular complexity index is 618. The van der Waals surface area contributed by atoms with Crippen molar-refractivity contribution in [2.75, 3.05) is 5.75 Å². The van der Waals surface area contributed by atoms with Gasteiger partial charge in [-0.1, -0.05) is 30.0 Å². The second-order valence-corrected chi connectivity index (χ2v) is 7.16. The first kappa shape index (κ1) is 15.9. The number of alkyl halides is 2. The molecule has 1 aromatic heterocycles. The number of hydrogen-bond donors (Lipinski definition) is 1. The van der Waals surface area contributed by atoms with Gasteiger partial charge in [0.05, 0.1) is 12.3 Å². The Labute approximate surface area is 137 Å². The molecule has 118 valence electrons. The van der Waals surface area contributed by atoms with Crippen LogP contribution < -0.4 is 5.32 Å². The van der Waals surface area contributed by atoms with Gasteiger partial charge < -0.3 is 9.73 Å². The van der Waals surface area contributed by atoms with E-state index in [0.29, 0.717) is 30.1 Å². The maximum absolute atomic E-state index is 12.2. The Balaban J connectivity index is 1.57. The molecule has 0 saturated heterocycles. The molecule has 0 aliphatic carbocycles. The van der Waals surface area contributed by atoms with E-state index in [1.54, 1.807) is 6.07 Å². The van der Waals surface area contributed by atoms with Crippen LogP contribution in [0.25, 0.3) is 0 Å². The third-order valence-electron chi connectivity index (χ3n) is 3.55. The van der Waals surface area contributed by atoms with Gasteiger partial charge in [-0.2, -0.15) is 8.78 Å². The lowest BCUT2D eigenvalue weighted by Gasteiger charge is -2.25. The molecule has 2 nitrogen and oxygen atoms in total. The van der Waals surface area contributed by atoms with E-state index < -0.39 is 5.76 Å². The minimum absolute atomic E-state index is 0.209. The van der Waals surface area contributed by atoms with E-state index in [2.05, 4.69) is 29.6 Å². The van der Waals surface area contributed by atoms with Crippen molar-refractivity contribution in [3.63, 3.8) is 0 Å². The molecule has 6 heteroatoms. The number of furan rings is 1. The van der Waals surface area contributed by atoms with Gasteiger partial charge in [-0.25, -0.2) is 0 Å². The number of thioether (sulfide) groups is 2. The van der Waals surface area contributed by atoms with Crippen molar-refractivity contribution in [3.05, 3.63) is 53.5 Å². The number of nitrogens with one attached hydrogen (secondary N) is 1. The molecular formula is C16H17F2NOS2. The van der Waals surface area contributed by atoms with Crippen LogP contribution >= 0.6 is 23.5 Å². The van der Waals surface area contributed by atoms with Crippen LogP contribution in [0, 0.1) is 0 Å². The van der Waals surface area contributed by atoms with E-state index in [1.807, 2.05) is 17.8 Å². The third kappa shape index (κ3) is 4.06. The van der Waals surface area contributed by atoms with Crippen LogP contribution in [-0.2, 0) is 12.3 Å². The lowest BCUT2D eigenvalue weighted by Crippen LogP contribution is -2.23.